The summed E-state index contributed by atoms with van der Waals surface area (Å²) in [5, 5.41) is 5.86. The molecule has 0 spiro atoms. The van der Waals surface area contributed by atoms with E-state index in [0.717, 1.165) is 13.1 Å². The van der Waals surface area contributed by atoms with Crippen molar-refractivity contribution >= 4 is 11.6 Å². The van der Waals surface area contributed by atoms with Gasteiger partial charge in [-0.05, 0) is 39.1 Å². The van der Waals surface area contributed by atoms with Gasteiger partial charge in [0.15, 0.2) is 11.6 Å². The SMILES string of the molecule is C/C=C/C(=O)CNCC.C/C=C/C(=O)CNCC.F.F.F.[Ta]. The van der Waals surface area contributed by atoms with Gasteiger partial charge in [0, 0.05) is 22.4 Å². The van der Waals surface area contributed by atoms with E-state index in [1.807, 2.05) is 27.7 Å². The van der Waals surface area contributed by atoms with Gasteiger partial charge in [0.05, 0.1) is 13.1 Å². The second-order valence-electron chi connectivity index (χ2n) is 3.49. The first-order chi connectivity index (χ1) is 8.62. The smallest absolute Gasteiger partial charge is 0.169 e. The maximum Gasteiger partial charge on any atom is 0.169 e. The Hall–Kier alpha value is -0.730. The van der Waals surface area contributed by atoms with Gasteiger partial charge in [-0.1, -0.05) is 26.0 Å². The van der Waals surface area contributed by atoms with Crippen LogP contribution in [-0.4, -0.2) is 37.7 Å². The Kier molecular flexibility index (Phi) is 55.0. The molecule has 0 aliphatic heterocycles. The molecule has 0 saturated heterocycles. The standard InChI is InChI=1S/2C7H13NO.3FH.Ta/c2*1-3-5-7(9)6-8-4-2;;;;/h2*3,5,8H,4,6H2,1-2H3;3*1H;/b2*5-3+;;;;. The minimum absolute atomic E-state index is 0. The van der Waals surface area contributed by atoms with E-state index in [-0.39, 0.29) is 48.1 Å². The number of ketones is 2. The molecule has 22 heavy (non-hydrogen) atoms. The number of carbonyl (C=O) groups excluding carboxylic acids is 2. The molecule has 0 heterocycles. The molecule has 133 valence electrons. The van der Waals surface area contributed by atoms with Crippen molar-refractivity contribution in [1.82, 2.24) is 10.6 Å². The summed E-state index contributed by atoms with van der Waals surface area (Å²) in [6, 6.07) is 0. The van der Waals surface area contributed by atoms with Crippen molar-refractivity contribution < 1.29 is 46.1 Å². The van der Waals surface area contributed by atoms with Crippen molar-refractivity contribution in [2.24, 2.45) is 0 Å². The molecule has 0 aromatic heterocycles. The third-order valence-electron chi connectivity index (χ3n) is 1.80. The zero-order valence-electron chi connectivity index (χ0n) is 13.6. The maximum atomic E-state index is 10.7. The molecule has 8 heteroatoms. The first kappa shape index (κ1) is 37.5. The number of hydrogen-bond donors (Lipinski definition) is 2. The molecular formula is C14H29F3N2O2Ta. The Morgan fingerprint density at radius 1 is 0.773 bits per heavy atom. The van der Waals surface area contributed by atoms with Crippen molar-refractivity contribution in [3.63, 3.8) is 0 Å². The van der Waals surface area contributed by atoms with Crippen molar-refractivity contribution in [3.05, 3.63) is 24.3 Å². The van der Waals surface area contributed by atoms with Crippen LogP contribution in [0.2, 0.25) is 0 Å². The fraction of sp³-hybridized carbons (Fsp3) is 0.571. The first-order valence-electron chi connectivity index (χ1n) is 6.34. The van der Waals surface area contributed by atoms with Crippen LogP contribution < -0.4 is 10.6 Å². The van der Waals surface area contributed by atoms with Crippen LogP contribution in [0.4, 0.5) is 14.1 Å². The van der Waals surface area contributed by atoms with Gasteiger partial charge in [-0.2, -0.15) is 0 Å². The van der Waals surface area contributed by atoms with Gasteiger partial charge in [-0.3, -0.25) is 23.7 Å². The second-order valence-corrected chi connectivity index (χ2v) is 3.49. The van der Waals surface area contributed by atoms with E-state index in [4.69, 9.17) is 0 Å². The quantitative estimate of drug-likeness (QED) is 0.506. The van der Waals surface area contributed by atoms with Crippen LogP contribution in [0, 0.1) is 0 Å². The van der Waals surface area contributed by atoms with Crippen LogP contribution in [0.5, 0.6) is 0 Å². The first-order valence-corrected chi connectivity index (χ1v) is 6.34. The van der Waals surface area contributed by atoms with E-state index in [9.17, 15) is 9.59 Å². The van der Waals surface area contributed by atoms with Crippen molar-refractivity contribution in [2.75, 3.05) is 26.2 Å². The zero-order chi connectivity index (χ0) is 14.2. The summed E-state index contributed by atoms with van der Waals surface area (Å²) in [5.74, 6) is 0.277. The van der Waals surface area contributed by atoms with E-state index >= 15 is 0 Å². The second kappa shape index (κ2) is 32.3. The molecule has 0 aliphatic carbocycles. The van der Waals surface area contributed by atoms with Gasteiger partial charge in [-0.15, -0.1) is 0 Å². The summed E-state index contributed by atoms with van der Waals surface area (Å²) in [6.45, 7) is 10.2. The maximum absolute atomic E-state index is 10.7. The summed E-state index contributed by atoms with van der Waals surface area (Å²) in [5.41, 5.74) is 0. The Morgan fingerprint density at radius 3 is 1.23 bits per heavy atom. The van der Waals surface area contributed by atoms with E-state index in [1.165, 1.54) is 0 Å². The van der Waals surface area contributed by atoms with Crippen LogP contribution in [0.15, 0.2) is 24.3 Å². The van der Waals surface area contributed by atoms with Crippen LogP contribution in [0.3, 0.4) is 0 Å². The zero-order valence-corrected chi connectivity index (χ0v) is 16.8. The van der Waals surface area contributed by atoms with Gasteiger partial charge in [0.25, 0.3) is 0 Å². The number of carbonyl (C=O) groups is 2. The van der Waals surface area contributed by atoms with E-state index < -0.39 is 0 Å². The molecule has 0 unspecified atom stereocenters. The molecule has 1 radical (unpaired) electrons. The third kappa shape index (κ3) is 36.5. The molecule has 0 aromatic carbocycles. The minimum atomic E-state index is 0. The van der Waals surface area contributed by atoms with Gasteiger partial charge < -0.3 is 10.6 Å². The largest absolute Gasteiger partial charge is 0.310 e. The molecule has 0 aliphatic rings. The predicted molar refractivity (Wildman–Crippen MR) is 84.2 cm³/mol. The van der Waals surface area contributed by atoms with Gasteiger partial charge in [0.2, 0.25) is 0 Å². The van der Waals surface area contributed by atoms with Crippen molar-refractivity contribution in [1.29, 1.82) is 0 Å². The fourth-order valence-electron chi connectivity index (χ4n) is 0.986. The Morgan fingerprint density at radius 2 is 1.05 bits per heavy atom. The topological polar surface area (TPSA) is 58.2 Å². The molecule has 4 nitrogen and oxygen atoms in total. The Labute approximate surface area is 146 Å². The average Bonchev–Trinajstić information content (AvgIpc) is 2.35. The summed E-state index contributed by atoms with van der Waals surface area (Å²) < 4.78 is 0. The number of nitrogens with one attached hydrogen (secondary N) is 2. The number of rotatable bonds is 8. The normalized spacial score (nSPS) is 8.55. The predicted octanol–water partition coefficient (Wildman–Crippen LogP) is 1.94. The molecule has 0 amide bonds. The fourth-order valence-corrected chi connectivity index (χ4v) is 0.986. The van der Waals surface area contributed by atoms with Gasteiger partial charge in [-0.25, -0.2) is 0 Å². The van der Waals surface area contributed by atoms with Gasteiger partial charge >= 0.3 is 0 Å². The van der Waals surface area contributed by atoms with Crippen molar-refractivity contribution in [2.45, 2.75) is 27.7 Å². The van der Waals surface area contributed by atoms with Crippen LogP contribution in [0.1, 0.15) is 27.7 Å². The Balaban J connectivity index is -0.0000000492. The molecular weight excluding hydrogens is 466 g/mol. The summed E-state index contributed by atoms with van der Waals surface area (Å²) in [7, 11) is 0. The minimum Gasteiger partial charge on any atom is -0.310 e. The number of allylic oxidation sites excluding steroid dienone is 2. The van der Waals surface area contributed by atoms with E-state index in [0.29, 0.717) is 13.1 Å². The average molecular weight is 495 g/mol. The Bertz CT molecular complexity index is 261. The molecule has 0 fully saturated rings. The monoisotopic (exact) mass is 495 g/mol. The van der Waals surface area contributed by atoms with E-state index in [2.05, 4.69) is 10.6 Å². The van der Waals surface area contributed by atoms with Crippen LogP contribution in [-0.2, 0) is 32.0 Å². The molecule has 2 N–H and O–H groups in total. The summed E-state index contributed by atoms with van der Waals surface area (Å²) in [6.07, 6.45) is 6.64. The van der Waals surface area contributed by atoms with Crippen LogP contribution in [0.25, 0.3) is 0 Å². The molecule has 0 rings (SSSR count). The van der Waals surface area contributed by atoms with Crippen LogP contribution >= 0.6 is 0 Å². The third-order valence-corrected chi connectivity index (χ3v) is 1.80. The van der Waals surface area contributed by atoms with E-state index in [1.54, 1.807) is 24.3 Å². The molecule has 0 bridgehead atoms. The molecule has 0 atom stereocenters. The number of hydrogen-bond acceptors (Lipinski definition) is 4. The van der Waals surface area contributed by atoms with Crippen molar-refractivity contribution in [3.8, 4) is 0 Å². The summed E-state index contributed by atoms with van der Waals surface area (Å²) in [4.78, 5) is 21.3. The number of likely N-dealkylation sites (N-methyl/N-ethyl adjacent to an activating group) is 2. The number of halogens is 3. The molecule has 0 aromatic rings. The summed E-state index contributed by atoms with van der Waals surface area (Å²) >= 11 is 0. The molecule has 0 saturated carbocycles. The van der Waals surface area contributed by atoms with Gasteiger partial charge in [0.1, 0.15) is 0 Å².